The molecule has 1 aromatic rings. The molecule has 15 heteroatoms. The van der Waals surface area contributed by atoms with Crippen LogP contribution in [0.3, 0.4) is 0 Å². The van der Waals surface area contributed by atoms with Gasteiger partial charge in [0.15, 0.2) is 0 Å². The van der Waals surface area contributed by atoms with E-state index in [4.69, 9.17) is 9.84 Å². The van der Waals surface area contributed by atoms with Crippen molar-refractivity contribution in [2.45, 2.75) is 12.5 Å². The highest BCUT2D eigenvalue weighted by molar-refractivity contribution is 7.89. The van der Waals surface area contributed by atoms with E-state index in [1.54, 1.807) is 4.90 Å². The lowest BCUT2D eigenvalue weighted by atomic mass is 10.2. The van der Waals surface area contributed by atoms with E-state index in [2.05, 4.69) is 5.43 Å². The molecule has 2 aliphatic heterocycles. The molecule has 2 aliphatic rings. The third-order valence-corrected chi connectivity index (χ3v) is 6.77. The maximum absolute atomic E-state index is 14.9. The third-order valence-electron chi connectivity index (χ3n) is 5.09. The van der Waals surface area contributed by atoms with Gasteiger partial charge in [-0.25, -0.2) is 23.0 Å². The first kappa shape index (κ1) is 25.0. The number of benzene rings is 1. The van der Waals surface area contributed by atoms with Crippen molar-refractivity contribution in [2.24, 2.45) is 0 Å². The second-order valence-corrected chi connectivity index (χ2v) is 9.32. The number of cyclic esters (lactones) is 1. The smallest absolute Gasteiger partial charge is 0.414 e. The maximum Gasteiger partial charge on any atom is 0.414 e. The molecular formula is C18H24F3N5O6S. The van der Waals surface area contributed by atoms with Crippen molar-refractivity contribution >= 4 is 33.4 Å². The number of amides is 2. The highest BCUT2D eigenvalue weighted by Gasteiger charge is 2.34. The van der Waals surface area contributed by atoms with Gasteiger partial charge in [-0.1, -0.05) is 0 Å². The van der Waals surface area contributed by atoms with Gasteiger partial charge in [0.2, 0.25) is 10.0 Å². The van der Waals surface area contributed by atoms with Crippen LogP contribution in [0.5, 0.6) is 0 Å². The molecule has 2 saturated heterocycles. The number of hydrogen-bond donors (Lipinski definition) is 3. The molecule has 33 heavy (non-hydrogen) atoms. The van der Waals surface area contributed by atoms with Crippen LogP contribution < -0.4 is 20.5 Å². The van der Waals surface area contributed by atoms with Gasteiger partial charge < -0.3 is 20.1 Å². The van der Waals surface area contributed by atoms with Crippen molar-refractivity contribution in [3.63, 3.8) is 0 Å². The Hall–Kier alpha value is -2.62. The molecule has 0 radical (unpaired) electrons. The van der Waals surface area contributed by atoms with Gasteiger partial charge in [0.05, 0.1) is 36.8 Å². The molecule has 2 fully saturated rings. The normalized spacial score (nSPS) is 20.2. The maximum atomic E-state index is 14.9. The van der Waals surface area contributed by atoms with Gasteiger partial charge in [-0.05, 0) is 18.2 Å². The lowest BCUT2D eigenvalue weighted by Crippen LogP contribution is -2.45. The Morgan fingerprint density at radius 1 is 1.30 bits per heavy atom. The van der Waals surface area contributed by atoms with Gasteiger partial charge in [-0.3, -0.25) is 9.69 Å². The van der Waals surface area contributed by atoms with Gasteiger partial charge in [0.25, 0.3) is 5.91 Å². The van der Waals surface area contributed by atoms with E-state index < -0.39 is 52.7 Å². The van der Waals surface area contributed by atoms with Gasteiger partial charge in [-0.15, -0.1) is 4.41 Å². The summed E-state index contributed by atoms with van der Waals surface area (Å²) in [6.45, 7) is -0.136. The second-order valence-electron chi connectivity index (χ2n) is 7.30. The van der Waals surface area contributed by atoms with E-state index in [0.29, 0.717) is 6.54 Å². The number of nitrogens with zero attached hydrogens (tertiary/aromatic N) is 3. The molecule has 0 spiro atoms. The van der Waals surface area contributed by atoms with Crippen molar-refractivity contribution in [1.82, 2.24) is 15.2 Å². The number of nitrogens with one attached hydrogen (secondary N) is 2. The molecule has 1 aromatic carbocycles. The number of hydrogen-bond acceptors (Lipinski definition) is 8. The minimum atomic E-state index is -3.69. The number of hydrazine groups is 1. The van der Waals surface area contributed by atoms with Crippen LogP contribution in [-0.4, -0.2) is 94.1 Å². The Balaban J connectivity index is 1.64. The molecular weight excluding hydrogens is 471 g/mol. The summed E-state index contributed by atoms with van der Waals surface area (Å²) in [5, 5.41) is 10.9. The molecule has 2 amide bonds. The fourth-order valence-corrected chi connectivity index (χ4v) is 4.57. The molecule has 0 aliphatic carbocycles. The van der Waals surface area contributed by atoms with E-state index in [1.807, 2.05) is 5.32 Å². The summed E-state index contributed by atoms with van der Waals surface area (Å²) in [4.78, 5) is 25.9. The number of aliphatic hydroxyl groups excluding tert-OH is 1. The molecule has 0 unspecified atom stereocenters. The van der Waals surface area contributed by atoms with Crippen LogP contribution in [0.1, 0.15) is 0 Å². The number of carbonyl (C=O) groups is 2. The zero-order valence-corrected chi connectivity index (χ0v) is 18.2. The summed E-state index contributed by atoms with van der Waals surface area (Å²) >= 11 is 0. The van der Waals surface area contributed by atoms with E-state index >= 15 is 0 Å². The Bertz CT molecular complexity index is 982. The van der Waals surface area contributed by atoms with Crippen LogP contribution >= 0.6 is 0 Å². The average Bonchev–Trinajstić information content (AvgIpc) is 2.95. The topological polar surface area (TPSA) is 132 Å². The molecule has 0 saturated carbocycles. The summed E-state index contributed by atoms with van der Waals surface area (Å²) in [5.74, 6) is -2.56. The van der Waals surface area contributed by atoms with Gasteiger partial charge in [-0.2, -0.15) is 8.78 Å². The minimum absolute atomic E-state index is 0.0357. The number of sulfonamides is 1. The molecule has 2 heterocycles. The lowest BCUT2D eigenvalue weighted by molar-refractivity contribution is -0.132. The van der Waals surface area contributed by atoms with Crippen LogP contribution in [0, 0.1) is 5.82 Å². The SMILES string of the molecule is O=C(NC[C@H]1CN(c2ccc(N3CCNN(S(=O)(=O)CCO)CC3)c(F)c2)C(=O)O1)C(F)F. The molecule has 11 nitrogen and oxygen atoms in total. The van der Waals surface area contributed by atoms with E-state index in [1.165, 1.54) is 12.1 Å². The number of halogens is 3. The zero-order valence-electron chi connectivity index (χ0n) is 17.4. The molecule has 0 aromatic heterocycles. The standard InChI is InChI=1S/C18H24F3N5O6S/c19-14-9-12(25-11-13(32-18(25)29)10-22-17(28)16(20)21)1-2-15(14)24-4-3-23-26(6-5-24)33(30,31)8-7-27/h1-2,9,13,16,23,27H,3-8,10-11H2,(H,22,28)/t13-/m0/s1. The van der Waals surface area contributed by atoms with Crippen molar-refractivity contribution in [3.05, 3.63) is 24.0 Å². The predicted octanol–water partition coefficient (Wildman–Crippen LogP) is -0.519. The van der Waals surface area contributed by atoms with Crippen LogP contribution in [-0.2, 0) is 19.6 Å². The summed E-state index contributed by atoms with van der Waals surface area (Å²) in [6.07, 6.45) is -4.86. The van der Waals surface area contributed by atoms with Crippen LogP contribution in [0.25, 0.3) is 0 Å². The van der Waals surface area contributed by atoms with E-state index in [-0.39, 0.29) is 44.1 Å². The number of carbonyl (C=O) groups excluding carboxylic acids is 2. The number of ether oxygens (including phenoxy) is 1. The number of rotatable bonds is 8. The van der Waals surface area contributed by atoms with Gasteiger partial charge in [0.1, 0.15) is 11.9 Å². The first-order valence-electron chi connectivity index (χ1n) is 10.1. The molecule has 0 bridgehead atoms. The summed E-state index contributed by atoms with van der Waals surface area (Å²) < 4.78 is 69.7. The van der Waals surface area contributed by atoms with E-state index in [0.717, 1.165) is 15.4 Å². The number of alkyl halides is 2. The van der Waals surface area contributed by atoms with Gasteiger partial charge >= 0.3 is 12.5 Å². The predicted molar refractivity (Wildman–Crippen MR) is 111 cm³/mol. The quantitative estimate of drug-likeness (QED) is 0.439. The first-order valence-corrected chi connectivity index (χ1v) is 11.7. The lowest BCUT2D eigenvalue weighted by Gasteiger charge is -2.24. The Morgan fingerprint density at radius 2 is 2.06 bits per heavy atom. The molecule has 1 atom stereocenters. The summed E-state index contributed by atoms with van der Waals surface area (Å²) in [5.41, 5.74) is 3.13. The van der Waals surface area contributed by atoms with Crippen LogP contribution in [0.15, 0.2) is 18.2 Å². The molecule has 3 rings (SSSR count). The largest absolute Gasteiger partial charge is 0.442 e. The van der Waals surface area contributed by atoms with Gasteiger partial charge in [0, 0.05) is 26.2 Å². The first-order chi connectivity index (χ1) is 15.6. The molecule has 3 N–H and O–H groups in total. The Morgan fingerprint density at radius 3 is 2.73 bits per heavy atom. The Kier molecular flexibility index (Phi) is 7.99. The fourth-order valence-electron chi connectivity index (χ4n) is 3.47. The minimum Gasteiger partial charge on any atom is -0.442 e. The van der Waals surface area contributed by atoms with Crippen molar-refractivity contribution in [1.29, 1.82) is 0 Å². The Labute approximate surface area is 188 Å². The van der Waals surface area contributed by atoms with Crippen molar-refractivity contribution in [2.75, 3.05) is 61.4 Å². The third kappa shape index (κ3) is 6.04. The number of aliphatic hydroxyl groups is 1. The highest BCUT2D eigenvalue weighted by Crippen LogP contribution is 2.28. The number of anilines is 2. The monoisotopic (exact) mass is 495 g/mol. The van der Waals surface area contributed by atoms with Crippen molar-refractivity contribution < 1.29 is 41.0 Å². The zero-order chi connectivity index (χ0) is 24.2. The van der Waals surface area contributed by atoms with Crippen LogP contribution in [0.4, 0.5) is 29.3 Å². The van der Waals surface area contributed by atoms with Crippen molar-refractivity contribution in [3.8, 4) is 0 Å². The fraction of sp³-hybridized carbons (Fsp3) is 0.556. The summed E-state index contributed by atoms with van der Waals surface area (Å²) in [6, 6.07) is 4.05. The van der Waals surface area contributed by atoms with E-state index in [9.17, 15) is 31.2 Å². The highest BCUT2D eigenvalue weighted by atomic mass is 32.2. The summed E-state index contributed by atoms with van der Waals surface area (Å²) in [7, 11) is -3.69. The van der Waals surface area contributed by atoms with Crippen LogP contribution in [0.2, 0.25) is 0 Å². The second kappa shape index (κ2) is 10.5. The average molecular weight is 495 g/mol. The molecule has 184 valence electrons.